The molecular formula is C29H28Br2N6O. The molecule has 3 aromatic carbocycles. The second-order valence-electron chi connectivity index (χ2n) is 8.73. The largest absolute Gasteiger partial charge is 1.00 e. The molecule has 0 unspecified atom stereocenters. The number of carbonyl (C=O) groups excluding carboxylic acids is 1. The van der Waals surface area contributed by atoms with Crippen molar-refractivity contribution in [3.05, 3.63) is 109 Å². The number of halogens is 2. The lowest BCUT2D eigenvalue weighted by atomic mass is 10.1. The molecule has 0 aliphatic rings. The van der Waals surface area contributed by atoms with E-state index in [0.717, 1.165) is 45.0 Å². The highest BCUT2D eigenvalue weighted by atomic mass is 79.9. The molecule has 2 heterocycles. The number of amides is 1. The van der Waals surface area contributed by atoms with Crippen LogP contribution in [0.4, 0.5) is 34.1 Å². The molecule has 5 aromatic rings. The van der Waals surface area contributed by atoms with E-state index in [9.17, 15) is 4.79 Å². The number of nitrogens with zero attached hydrogens (tertiary/aromatic N) is 2. The van der Waals surface area contributed by atoms with Crippen molar-refractivity contribution in [3.8, 4) is 0 Å². The van der Waals surface area contributed by atoms with Gasteiger partial charge in [-0.3, -0.25) is 4.79 Å². The zero-order chi connectivity index (χ0) is 25.1. The van der Waals surface area contributed by atoms with Crippen LogP contribution >= 0.6 is 0 Å². The monoisotopic (exact) mass is 634 g/mol. The van der Waals surface area contributed by atoms with Crippen molar-refractivity contribution in [1.29, 1.82) is 0 Å². The van der Waals surface area contributed by atoms with E-state index in [-0.39, 0.29) is 39.9 Å². The number of carbonyl (C=O) groups is 1. The van der Waals surface area contributed by atoms with E-state index in [1.165, 1.54) is 0 Å². The summed E-state index contributed by atoms with van der Waals surface area (Å²) >= 11 is 0. The number of nitrogens with two attached hydrogens (primary N) is 1. The number of fused-ring (bicyclic) bond motifs is 1. The van der Waals surface area contributed by atoms with Crippen LogP contribution in [0.25, 0.3) is 10.9 Å². The van der Waals surface area contributed by atoms with E-state index in [1.807, 2.05) is 127 Å². The second-order valence-corrected chi connectivity index (χ2v) is 8.73. The Labute approximate surface area is 242 Å². The molecule has 38 heavy (non-hydrogen) atoms. The zero-order valence-electron chi connectivity index (χ0n) is 21.0. The Bertz CT molecular complexity index is 1540. The van der Waals surface area contributed by atoms with Crippen molar-refractivity contribution in [2.45, 2.75) is 0 Å². The van der Waals surface area contributed by atoms with Crippen LogP contribution in [-0.2, 0) is 14.1 Å². The number of aryl methyl sites for hydroxylation is 2. The van der Waals surface area contributed by atoms with E-state index >= 15 is 0 Å². The van der Waals surface area contributed by atoms with Crippen LogP contribution in [0.1, 0.15) is 10.4 Å². The van der Waals surface area contributed by atoms with Crippen molar-refractivity contribution in [2.24, 2.45) is 14.1 Å². The maximum atomic E-state index is 12.8. The Balaban J connectivity index is 0.00000200. The highest BCUT2D eigenvalue weighted by molar-refractivity contribution is 6.04. The van der Waals surface area contributed by atoms with Gasteiger partial charge in [0.15, 0.2) is 18.6 Å². The van der Waals surface area contributed by atoms with Gasteiger partial charge in [-0.05, 0) is 60.7 Å². The Morgan fingerprint density at radius 3 is 1.95 bits per heavy atom. The number of hydrogen-bond donors (Lipinski definition) is 4. The number of benzene rings is 3. The quantitative estimate of drug-likeness (QED) is 0.140. The van der Waals surface area contributed by atoms with Gasteiger partial charge in [-0.1, -0.05) is 0 Å². The van der Waals surface area contributed by atoms with Crippen LogP contribution in [0.2, 0.25) is 0 Å². The van der Waals surface area contributed by atoms with Gasteiger partial charge < -0.3 is 55.6 Å². The molecule has 5 rings (SSSR count). The first-order valence-electron chi connectivity index (χ1n) is 11.6. The number of nitrogens with one attached hydrogen (secondary N) is 3. The van der Waals surface area contributed by atoms with Crippen molar-refractivity contribution < 1.29 is 47.9 Å². The number of nitrogen functional groups attached to an aromatic ring is 1. The molecule has 7 nitrogen and oxygen atoms in total. The third-order valence-corrected chi connectivity index (χ3v) is 5.99. The molecule has 0 bridgehead atoms. The standard InChI is InChI=1S/C29H26N6O.2BrH/c1-34-16-13-25(14-17-34)31-22-8-10-24(11-9-22)33-29(36)20-3-6-23(7-4-20)32-27-15-18-35(2)28-19-21(30)5-12-26(27)28;;/h3-19H,1-2H3,(H3,30,32,33,36);2*1H. The minimum absolute atomic E-state index is 0. The molecule has 0 atom stereocenters. The SMILES string of the molecule is C[n+]1ccc(Nc2ccc(NC(=O)c3ccc(Nc4cc[n+](C)c5cc(N)ccc45)cc3)cc2)cc1.[Br-].[Br-]. The smallest absolute Gasteiger partial charge is 0.255 e. The Morgan fingerprint density at radius 1 is 0.684 bits per heavy atom. The number of aromatic nitrogens is 2. The number of pyridine rings is 2. The summed E-state index contributed by atoms with van der Waals surface area (Å²) in [4.78, 5) is 12.8. The summed E-state index contributed by atoms with van der Waals surface area (Å²) in [5.74, 6) is -0.162. The molecule has 0 saturated carbocycles. The van der Waals surface area contributed by atoms with E-state index in [1.54, 1.807) is 0 Å². The first-order valence-corrected chi connectivity index (χ1v) is 11.6. The second kappa shape index (κ2) is 12.5. The third kappa shape index (κ3) is 6.67. The van der Waals surface area contributed by atoms with Crippen molar-refractivity contribution in [3.63, 3.8) is 0 Å². The van der Waals surface area contributed by atoms with Crippen LogP contribution in [-0.4, -0.2) is 5.91 Å². The molecule has 0 fully saturated rings. The fourth-order valence-electron chi connectivity index (χ4n) is 3.99. The minimum atomic E-state index is -0.162. The summed E-state index contributed by atoms with van der Waals surface area (Å²) in [6.07, 6.45) is 5.96. The van der Waals surface area contributed by atoms with Gasteiger partial charge in [-0.25, -0.2) is 9.13 Å². The molecule has 0 spiro atoms. The van der Waals surface area contributed by atoms with Crippen LogP contribution < -0.4 is 64.8 Å². The summed E-state index contributed by atoms with van der Waals surface area (Å²) in [6, 6.07) is 27.0. The van der Waals surface area contributed by atoms with Crippen LogP contribution in [0, 0.1) is 0 Å². The molecule has 1 amide bonds. The maximum absolute atomic E-state index is 12.8. The van der Waals surface area contributed by atoms with E-state index in [0.29, 0.717) is 5.56 Å². The van der Waals surface area contributed by atoms with Crippen LogP contribution in [0.5, 0.6) is 0 Å². The summed E-state index contributed by atoms with van der Waals surface area (Å²) < 4.78 is 4.02. The van der Waals surface area contributed by atoms with Gasteiger partial charge in [0, 0.05) is 52.6 Å². The molecule has 2 aromatic heterocycles. The fourth-order valence-corrected chi connectivity index (χ4v) is 3.99. The topological polar surface area (TPSA) is 86.9 Å². The summed E-state index contributed by atoms with van der Waals surface area (Å²) in [7, 11) is 3.97. The van der Waals surface area contributed by atoms with E-state index in [4.69, 9.17) is 5.73 Å². The van der Waals surface area contributed by atoms with Crippen LogP contribution in [0.15, 0.2) is 104 Å². The Hall–Kier alpha value is -3.95. The predicted molar refractivity (Wildman–Crippen MR) is 145 cm³/mol. The van der Waals surface area contributed by atoms with Gasteiger partial charge in [-0.15, -0.1) is 0 Å². The number of rotatable bonds is 6. The molecule has 0 radical (unpaired) electrons. The highest BCUT2D eigenvalue weighted by Crippen LogP contribution is 2.26. The van der Waals surface area contributed by atoms with Crippen molar-refractivity contribution in [1.82, 2.24) is 0 Å². The highest BCUT2D eigenvalue weighted by Gasteiger charge is 2.11. The molecule has 0 aliphatic heterocycles. The Morgan fingerprint density at radius 2 is 1.26 bits per heavy atom. The average Bonchev–Trinajstić information content (AvgIpc) is 2.89. The molecular weight excluding hydrogens is 608 g/mol. The summed E-state index contributed by atoms with van der Waals surface area (Å²) in [6.45, 7) is 0. The molecule has 9 heteroatoms. The average molecular weight is 636 g/mol. The zero-order valence-corrected chi connectivity index (χ0v) is 24.1. The molecule has 0 aliphatic carbocycles. The minimum Gasteiger partial charge on any atom is -1.00 e. The number of anilines is 6. The lowest BCUT2D eigenvalue weighted by molar-refractivity contribution is -0.671. The Kier molecular flexibility index (Phi) is 9.44. The van der Waals surface area contributed by atoms with Crippen molar-refractivity contribution >= 4 is 50.9 Å². The van der Waals surface area contributed by atoms with E-state index in [2.05, 4.69) is 16.0 Å². The van der Waals surface area contributed by atoms with Gasteiger partial charge in [0.1, 0.15) is 14.1 Å². The lowest BCUT2D eigenvalue weighted by Crippen LogP contribution is -3.00. The molecule has 5 N–H and O–H groups in total. The lowest BCUT2D eigenvalue weighted by Gasteiger charge is -2.11. The van der Waals surface area contributed by atoms with Gasteiger partial charge in [-0.2, -0.15) is 0 Å². The fraction of sp³-hybridized carbons (Fsp3) is 0.0690. The molecule has 0 saturated heterocycles. The predicted octanol–water partition coefficient (Wildman–Crippen LogP) is -1.18. The molecule has 194 valence electrons. The van der Waals surface area contributed by atoms with Gasteiger partial charge in [0.05, 0.1) is 16.8 Å². The van der Waals surface area contributed by atoms with E-state index < -0.39 is 0 Å². The third-order valence-electron chi connectivity index (χ3n) is 5.99. The van der Waals surface area contributed by atoms with Gasteiger partial charge in [0.25, 0.3) is 5.91 Å². The van der Waals surface area contributed by atoms with Crippen LogP contribution in [0.3, 0.4) is 0 Å². The van der Waals surface area contributed by atoms with Gasteiger partial charge in [0.2, 0.25) is 5.52 Å². The summed E-state index contributed by atoms with van der Waals surface area (Å²) in [5.41, 5.74) is 12.8. The normalized spacial score (nSPS) is 10.2. The summed E-state index contributed by atoms with van der Waals surface area (Å²) in [5, 5.41) is 10.8. The maximum Gasteiger partial charge on any atom is 0.255 e. The number of hydrogen-bond acceptors (Lipinski definition) is 4. The van der Waals surface area contributed by atoms with Gasteiger partial charge >= 0.3 is 0 Å². The van der Waals surface area contributed by atoms with Crippen molar-refractivity contribution in [2.75, 3.05) is 21.7 Å². The first-order chi connectivity index (χ1) is 17.4. The first kappa shape index (κ1) is 28.6.